The molecule has 0 spiro atoms. The first-order chi connectivity index (χ1) is 16.4. The van der Waals surface area contributed by atoms with Crippen LogP contribution in [0.5, 0.6) is 0 Å². The molecule has 0 unspecified atom stereocenters. The monoisotopic (exact) mass is 482 g/mol. The van der Waals surface area contributed by atoms with Crippen molar-refractivity contribution in [2.75, 3.05) is 49.6 Å². The Morgan fingerprint density at radius 1 is 0.971 bits per heavy atom. The number of ether oxygens (including phenoxy) is 1. The molecule has 5 rings (SSSR count). The van der Waals surface area contributed by atoms with E-state index in [1.807, 2.05) is 24.3 Å². The number of sulfonamides is 1. The van der Waals surface area contributed by atoms with Gasteiger partial charge in [-0.1, -0.05) is 12.1 Å². The molecule has 2 aromatic carbocycles. The molecule has 34 heavy (non-hydrogen) atoms. The number of carbonyl (C=O) groups excluding carboxylic acids is 1. The van der Waals surface area contributed by atoms with Crippen molar-refractivity contribution in [2.45, 2.75) is 17.7 Å². The predicted octanol–water partition coefficient (Wildman–Crippen LogP) is 2.40. The third-order valence-corrected chi connectivity index (χ3v) is 8.16. The number of pyridine rings is 1. The van der Waals surface area contributed by atoms with Gasteiger partial charge in [-0.05, 0) is 43.2 Å². The maximum atomic E-state index is 13.4. The molecule has 10 heteroatoms. The number of hydrogen-bond donors (Lipinski definition) is 2. The minimum atomic E-state index is -3.76. The summed E-state index contributed by atoms with van der Waals surface area (Å²) >= 11 is 0. The Kier molecular flexibility index (Phi) is 6.11. The molecule has 2 fully saturated rings. The largest absolute Gasteiger partial charge is 0.379 e. The second-order valence-electron chi connectivity index (χ2n) is 8.44. The van der Waals surface area contributed by atoms with Crippen molar-refractivity contribution in [3.8, 4) is 0 Å². The molecule has 0 bridgehead atoms. The SMILES string of the molecule is O=C(Nc1ccccc1N1CCCC1)c1cc(=O)[nH]c2ccc(S(=O)(=O)N3CCOCC3)cc12. The maximum absolute atomic E-state index is 13.4. The summed E-state index contributed by atoms with van der Waals surface area (Å²) in [5.74, 6) is -0.469. The molecular weight excluding hydrogens is 456 g/mol. The van der Waals surface area contributed by atoms with Crippen molar-refractivity contribution in [1.82, 2.24) is 9.29 Å². The van der Waals surface area contributed by atoms with Crippen molar-refractivity contribution in [3.05, 3.63) is 64.4 Å². The summed E-state index contributed by atoms with van der Waals surface area (Å²) in [4.78, 5) is 30.6. The predicted molar refractivity (Wildman–Crippen MR) is 130 cm³/mol. The van der Waals surface area contributed by atoms with E-state index >= 15 is 0 Å². The molecule has 2 aliphatic heterocycles. The normalized spacial score (nSPS) is 17.2. The van der Waals surface area contributed by atoms with Crippen LogP contribution in [0.2, 0.25) is 0 Å². The third-order valence-electron chi connectivity index (χ3n) is 6.27. The Morgan fingerprint density at radius 2 is 1.71 bits per heavy atom. The number of aromatic nitrogens is 1. The summed E-state index contributed by atoms with van der Waals surface area (Å²) in [5.41, 5.74) is 1.66. The number of benzene rings is 2. The Morgan fingerprint density at radius 3 is 2.47 bits per heavy atom. The highest BCUT2D eigenvalue weighted by Gasteiger charge is 2.27. The molecule has 3 heterocycles. The van der Waals surface area contributed by atoms with Crippen LogP contribution in [-0.2, 0) is 14.8 Å². The lowest BCUT2D eigenvalue weighted by Gasteiger charge is -2.26. The first kappa shape index (κ1) is 22.6. The van der Waals surface area contributed by atoms with Gasteiger partial charge in [0.15, 0.2) is 0 Å². The van der Waals surface area contributed by atoms with E-state index in [9.17, 15) is 18.0 Å². The molecule has 0 radical (unpaired) electrons. The van der Waals surface area contributed by atoms with E-state index < -0.39 is 21.5 Å². The second kappa shape index (κ2) is 9.21. The van der Waals surface area contributed by atoms with Gasteiger partial charge in [0, 0.05) is 43.1 Å². The van der Waals surface area contributed by atoms with Crippen LogP contribution in [0.1, 0.15) is 23.2 Å². The van der Waals surface area contributed by atoms with E-state index in [-0.39, 0.29) is 23.5 Å². The van der Waals surface area contributed by atoms with Gasteiger partial charge >= 0.3 is 0 Å². The molecule has 178 valence electrons. The van der Waals surface area contributed by atoms with Crippen LogP contribution in [0.25, 0.3) is 10.9 Å². The minimum absolute atomic E-state index is 0.0699. The standard InChI is InChI=1S/C24H26N4O5S/c29-23-16-19(24(30)26-21-5-1-2-6-22(21)27-9-3-4-10-27)18-15-17(7-8-20(18)25-23)34(31,32)28-11-13-33-14-12-28/h1-2,5-8,15-16H,3-4,9-14H2,(H,25,29)(H,26,30). The van der Waals surface area contributed by atoms with Gasteiger partial charge in [-0.15, -0.1) is 0 Å². The molecule has 3 aromatic rings. The van der Waals surface area contributed by atoms with Gasteiger partial charge in [0.2, 0.25) is 15.6 Å². The van der Waals surface area contributed by atoms with E-state index in [4.69, 9.17) is 4.74 Å². The number of aromatic amines is 1. The minimum Gasteiger partial charge on any atom is -0.379 e. The van der Waals surface area contributed by atoms with Crippen LogP contribution in [0.15, 0.2) is 58.2 Å². The number of hydrogen-bond acceptors (Lipinski definition) is 6. The molecule has 9 nitrogen and oxygen atoms in total. The number of carbonyl (C=O) groups is 1. The Labute approximate surface area is 197 Å². The number of amides is 1. The van der Waals surface area contributed by atoms with Crippen LogP contribution in [0.4, 0.5) is 11.4 Å². The van der Waals surface area contributed by atoms with E-state index in [1.165, 1.54) is 28.6 Å². The summed E-state index contributed by atoms with van der Waals surface area (Å²) < 4.78 is 32.9. The van der Waals surface area contributed by atoms with Gasteiger partial charge in [0.1, 0.15) is 0 Å². The summed E-state index contributed by atoms with van der Waals surface area (Å²) in [6.07, 6.45) is 2.20. The number of anilines is 2. The van der Waals surface area contributed by atoms with Gasteiger partial charge in [0.05, 0.1) is 35.0 Å². The molecule has 0 atom stereocenters. The van der Waals surface area contributed by atoms with Crippen molar-refractivity contribution in [3.63, 3.8) is 0 Å². The van der Waals surface area contributed by atoms with E-state index in [0.717, 1.165) is 31.6 Å². The van der Waals surface area contributed by atoms with E-state index in [2.05, 4.69) is 15.2 Å². The number of fused-ring (bicyclic) bond motifs is 1. The fourth-order valence-electron chi connectivity index (χ4n) is 4.52. The van der Waals surface area contributed by atoms with Gasteiger partial charge in [-0.2, -0.15) is 4.31 Å². The Hall–Kier alpha value is -3.21. The Bertz CT molecular complexity index is 1390. The van der Waals surface area contributed by atoms with Crippen LogP contribution in [0, 0.1) is 0 Å². The highest BCUT2D eigenvalue weighted by Crippen LogP contribution is 2.30. The zero-order chi connectivity index (χ0) is 23.7. The summed E-state index contributed by atoms with van der Waals surface area (Å²) in [6.45, 7) is 3.06. The average Bonchev–Trinajstić information content (AvgIpc) is 3.39. The van der Waals surface area contributed by atoms with Crippen molar-refractivity contribution in [1.29, 1.82) is 0 Å². The van der Waals surface area contributed by atoms with Crippen LogP contribution in [-0.4, -0.2) is 63.0 Å². The topological polar surface area (TPSA) is 112 Å². The number of nitrogens with one attached hydrogen (secondary N) is 2. The van der Waals surface area contributed by atoms with Crippen LogP contribution in [0.3, 0.4) is 0 Å². The highest BCUT2D eigenvalue weighted by molar-refractivity contribution is 7.89. The van der Waals surface area contributed by atoms with Gasteiger partial charge in [-0.3, -0.25) is 9.59 Å². The third kappa shape index (κ3) is 4.31. The number of morpholine rings is 1. The number of H-pyrrole nitrogens is 1. The second-order valence-corrected chi connectivity index (χ2v) is 10.4. The smallest absolute Gasteiger partial charge is 0.256 e. The molecule has 1 aromatic heterocycles. The number of rotatable bonds is 5. The molecule has 0 aliphatic carbocycles. The number of nitrogens with zero attached hydrogens (tertiary/aromatic N) is 2. The van der Waals surface area contributed by atoms with Crippen molar-refractivity contribution < 1.29 is 17.9 Å². The maximum Gasteiger partial charge on any atom is 0.256 e. The molecule has 2 N–H and O–H groups in total. The first-order valence-electron chi connectivity index (χ1n) is 11.3. The zero-order valence-corrected chi connectivity index (χ0v) is 19.4. The molecule has 2 aliphatic rings. The van der Waals surface area contributed by atoms with E-state index in [0.29, 0.717) is 29.8 Å². The quantitative estimate of drug-likeness (QED) is 0.578. The number of para-hydroxylation sites is 2. The Balaban J connectivity index is 1.53. The summed E-state index contributed by atoms with van der Waals surface area (Å²) in [6, 6.07) is 13.2. The average molecular weight is 483 g/mol. The molecule has 1 amide bonds. The summed E-state index contributed by atoms with van der Waals surface area (Å²) in [7, 11) is -3.76. The van der Waals surface area contributed by atoms with Gasteiger partial charge in [0.25, 0.3) is 5.91 Å². The fraction of sp³-hybridized carbons (Fsp3) is 0.333. The fourth-order valence-corrected chi connectivity index (χ4v) is 5.95. The van der Waals surface area contributed by atoms with Crippen molar-refractivity contribution >= 4 is 38.2 Å². The zero-order valence-electron chi connectivity index (χ0n) is 18.6. The van der Waals surface area contributed by atoms with Crippen LogP contribution < -0.4 is 15.8 Å². The lowest BCUT2D eigenvalue weighted by atomic mass is 10.1. The molecule has 2 saturated heterocycles. The summed E-state index contributed by atoms with van der Waals surface area (Å²) in [5, 5.41) is 3.30. The lowest BCUT2D eigenvalue weighted by molar-refractivity contribution is 0.0730. The first-order valence-corrected chi connectivity index (χ1v) is 12.8. The van der Waals surface area contributed by atoms with Gasteiger partial charge < -0.3 is 19.9 Å². The van der Waals surface area contributed by atoms with Gasteiger partial charge in [-0.25, -0.2) is 8.42 Å². The van der Waals surface area contributed by atoms with Crippen molar-refractivity contribution in [2.24, 2.45) is 0 Å². The molecular formula is C24H26N4O5S. The molecule has 0 saturated carbocycles. The lowest BCUT2D eigenvalue weighted by Crippen LogP contribution is -2.40. The van der Waals surface area contributed by atoms with Crippen LogP contribution >= 0.6 is 0 Å². The van der Waals surface area contributed by atoms with E-state index in [1.54, 1.807) is 0 Å². The highest BCUT2D eigenvalue weighted by atomic mass is 32.2.